The van der Waals surface area contributed by atoms with Crippen molar-refractivity contribution in [3.05, 3.63) is 24.2 Å². The first kappa shape index (κ1) is 9.82. The molecule has 0 aliphatic heterocycles. The third-order valence-corrected chi connectivity index (χ3v) is 1.93. The van der Waals surface area contributed by atoms with Gasteiger partial charge in [-0.1, -0.05) is 0 Å². The topological polar surface area (TPSA) is 49.0 Å². The Morgan fingerprint density at radius 3 is 3.15 bits per heavy atom. The van der Waals surface area contributed by atoms with Gasteiger partial charge in [-0.25, -0.2) is 0 Å². The molecule has 3 heteroatoms. The first-order valence-electron chi connectivity index (χ1n) is 4.45. The molecule has 70 valence electrons. The molecule has 3 nitrogen and oxygen atoms in total. The highest BCUT2D eigenvalue weighted by Crippen LogP contribution is 2.05. The van der Waals surface area contributed by atoms with Crippen LogP contribution in [0.15, 0.2) is 22.8 Å². The summed E-state index contributed by atoms with van der Waals surface area (Å²) in [6.07, 6.45) is 3.60. The SMILES string of the molecule is CC(CCc1ccco1)NCC#N. The molecular formula is C10H14N2O. The number of rotatable bonds is 5. The number of aryl methyl sites for hydroxylation is 1. The van der Waals surface area contributed by atoms with E-state index in [1.54, 1.807) is 6.26 Å². The van der Waals surface area contributed by atoms with Crippen LogP contribution in [0.3, 0.4) is 0 Å². The summed E-state index contributed by atoms with van der Waals surface area (Å²) in [5, 5.41) is 11.4. The lowest BCUT2D eigenvalue weighted by Gasteiger charge is -2.09. The van der Waals surface area contributed by atoms with Gasteiger partial charge in [0.05, 0.1) is 18.9 Å². The van der Waals surface area contributed by atoms with Crippen LogP contribution in [0.5, 0.6) is 0 Å². The monoisotopic (exact) mass is 178 g/mol. The van der Waals surface area contributed by atoms with Gasteiger partial charge in [0, 0.05) is 12.5 Å². The van der Waals surface area contributed by atoms with E-state index in [1.165, 1.54) is 0 Å². The molecule has 0 aliphatic rings. The van der Waals surface area contributed by atoms with Crippen molar-refractivity contribution in [1.29, 1.82) is 5.26 Å². The van der Waals surface area contributed by atoms with Gasteiger partial charge >= 0.3 is 0 Å². The van der Waals surface area contributed by atoms with Gasteiger partial charge in [-0.2, -0.15) is 5.26 Å². The molecule has 0 bridgehead atoms. The van der Waals surface area contributed by atoms with Crippen LogP contribution < -0.4 is 5.32 Å². The third kappa shape index (κ3) is 3.77. The Morgan fingerprint density at radius 2 is 2.54 bits per heavy atom. The van der Waals surface area contributed by atoms with Gasteiger partial charge < -0.3 is 9.73 Å². The predicted molar refractivity (Wildman–Crippen MR) is 50.1 cm³/mol. The summed E-state index contributed by atoms with van der Waals surface area (Å²) < 4.78 is 5.20. The summed E-state index contributed by atoms with van der Waals surface area (Å²) in [7, 11) is 0. The molecule has 1 heterocycles. The van der Waals surface area contributed by atoms with E-state index in [2.05, 4.69) is 18.3 Å². The van der Waals surface area contributed by atoms with E-state index in [0.717, 1.165) is 18.6 Å². The highest BCUT2D eigenvalue weighted by molar-refractivity contribution is 4.98. The maximum absolute atomic E-state index is 8.34. The molecule has 1 aromatic heterocycles. The second-order valence-electron chi connectivity index (χ2n) is 3.06. The average Bonchev–Trinajstić information content (AvgIpc) is 2.64. The van der Waals surface area contributed by atoms with Gasteiger partial charge in [0.15, 0.2) is 0 Å². The van der Waals surface area contributed by atoms with Crippen molar-refractivity contribution >= 4 is 0 Å². The van der Waals surface area contributed by atoms with E-state index in [4.69, 9.17) is 9.68 Å². The van der Waals surface area contributed by atoms with Crippen molar-refractivity contribution in [2.24, 2.45) is 0 Å². The number of nitriles is 1. The summed E-state index contributed by atoms with van der Waals surface area (Å²) in [6, 6.07) is 6.28. The standard InChI is InChI=1S/C10H14N2O/c1-9(12-7-6-11)4-5-10-3-2-8-13-10/h2-3,8-9,12H,4-5,7H2,1H3. The van der Waals surface area contributed by atoms with E-state index < -0.39 is 0 Å². The van der Waals surface area contributed by atoms with Gasteiger partial charge in [-0.3, -0.25) is 0 Å². The zero-order chi connectivity index (χ0) is 9.52. The minimum atomic E-state index is 0.366. The lowest BCUT2D eigenvalue weighted by Crippen LogP contribution is -2.26. The van der Waals surface area contributed by atoms with Crippen molar-refractivity contribution in [2.75, 3.05) is 6.54 Å². The minimum absolute atomic E-state index is 0.366. The summed E-state index contributed by atoms with van der Waals surface area (Å²) in [5.41, 5.74) is 0. The Kier molecular flexibility index (Phi) is 4.07. The second-order valence-corrected chi connectivity index (χ2v) is 3.06. The van der Waals surface area contributed by atoms with Gasteiger partial charge in [0.1, 0.15) is 5.76 Å². The smallest absolute Gasteiger partial charge is 0.103 e. The summed E-state index contributed by atoms with van der Waals surface area (Å²) in [5.74, 6) is 1.01. The van der Waals surface area contributed by atoms with E-state index in [9.17, 15) is 0 Å². The molecule has 13 heavy (non-hydrogen) atoms. The molecule has 0 saturated carbocycles. The number of nitrogens with one attached hydrogen (secondary N) is 1. The first-order valence-corrected chi connectivity index (χ1v) is 4.45. The molecular weight excluding hydrogens is 164 g/mol. The molecule has 0 aromatic carbocycles. The fourth-order valence-electron chi connectivity index (χ4n) is 1.14. The molecule has 1 N–H and O–H groups in total. The Labute approximate surface area is 78.4 Å². The Bertz CT molecular complexity index is 261. The Balaban J connectivity index is 2.16. The van der Waals surface area contributed by atoms with Gasteiger partial charge in [-0.15, -0.1) is 0 Å². The molecule has 0 fully saturated rings. The van der Waals surface area contributed by atoms with Crippen LogP contribution in [0.1, 0.15) is 19.1 Å². The van der Waals surface area contributed by atoms with E-state index in [-0.39, 0.29) is 0 Å². The lowest BCUT2D eigenvalue weighted by atomic mass is 10.1. The Morgan fingerprint density at radius 1 is 1.69 bits per heavy atom. The van der Waals surface area contributed by atoms with E-state index in [0.29, 0.717) is 12.6 Å². The van der Waals surface area contributed by atoms with Gasteiger partial charge in [-0.05, 0) is 25.5 Å². The second kappa shape index (κ2) is 5.39. The largest absolute Gasteiger partial charge is 0.469 e. The number of furan rings is 1. The molecule has 1 unspecified atom stereocenters. The fraction of sp³-hybridized carbons (Fsp3) is 0.500. The first-order chi connectivity index (χ1) is 6.33. The van der Waals surface area contributed by atoms with Crippen molar-refractivity contribution in [2.45, 2.75) is 25.8 Å². The fourth-order valence-corrected chi connectivity index (χ4v) is 1.14. The van der Waals surface area contributed by atoms with Crippen molar-refractivity contribution in [3.63, 3.8) is 0 Å². The molecule has 1 atom stereocenters. The van der Waals surface area contributed by atoms with Crippen LogP contribution in [0.25, 0.3) is 0 Å². The molecule has 0 radical (unpaired) electrons. The normalized spacial score (nSPS) is 12.3. The highest BCUT2D eigenvalue weighted by Gasteiger charge is 2.02. The third-order valence-electron chi connectivity index (χ3n) is 1.93. The molecule has 0 aliphatic carbocycles. The van der Waals surface area contributed by atoms with E-state index in [1.807, 2.05) is 12.1 Å². The van der Waals surface area contributed by atoms with Crippen LogP contribution in [-0.4, -0.2) is 12.6 Å². The molecule has 0 spiro atoms. The summed E-state index contributed by atoms with van der Waals surface area (Å²) >= 11 is 0. The molecule has 0 saturated heterocycles. The minimum Gasteiger partial charge on any atom is -0.469 e. The van der Waals surface area contributed by atoms with Crippen molar-refractivity contribution < 1.29 is 4.42 Å². The van der Waals surface area contributed by atoms with Gasteiger partial charge in [0.25, 0.3) is 0 Å². The van der Waals surface area contributed by atoms with Crippen LogP contribution in [0.4, 0.5) is 0 Å². The molecule has 1 aromatic rings. The van der Waals surface area contributed by atoms with Crippen molar-refractivity contribution in [3.8, 4) is 6.07 Å². The quantitative estimate of drug-likeness (QED) is 0.698. The zero-order valence-corrected chi connectivity index (χ0v) is 7.79. The lowest BCUT2D eigenvalue weighted by molar-refractivity contribution is 0.470. The van der Waals surface area contributed by atoms with Gasteiger partial charge in [0.2, 0.25) is 0 Å². The van der Waals surface area contributed by atoms with Crippen molar-refractivity contribution in [1.82, 2.24) is 5.32 Å². The van der Waals surface area contributed by atoms with Crippen LogP contribution in [0, 0.1) is 11.3 Å². The maximum atomic E-state index is 8.34. The number of hydrogen-bond acceptors (Lipinski definition) is 3. The average molecular weight is 178 g/mol. The molecule has 0 amide bonds. The number of nitrogens with zero attached hydrogens (tertiary/aromatic N) is 1. The Hall–Kier alpha value is -1.27. The van der Waals surface area contributed by atoms with Crippen LogP contribution in [0.2, 0.25) is 0 Å². The number of hydrogen-bond donors (Lipinski definition) is 1. The summed E-state index contributed by atoms with van der Waals surface area (Å²) in [4.78, 5) is 0. The maximum Gasteiger partial charge on any atom is 0.103 e. The van der Waals surface area contributed by atoms with Crippen LogP contribution >= 0.6 is 0 Å². The van der Waals surface area contributed by atoms with Crippen LogP contribution in [-0.2, 0) is 6.42 Å². The molecule has 1 rings (SSSR count). The zero-order valence-electron chi connectivity index (χ0n) is 7.79. The highest BCUT2D eigenvalue weighted by atomic mass is 16.3. The predicted octanol–water partition coefficient (Wildman–Crippen LogP) is 1.71. The van der Waals surface area contributed by atoms with E-state index >= 15 is 0 Å². The summed E-state index contributed by atoms with van der Waals surface area (Å²) in [6.45, 7) is 2.49.